The van der Waals surface area contributed by atoms with E-state index in [1.807, 2.05) is 29.6 Å². The molecule has 1 aromatic carbocycles. The van der Waals surface area contributed by atoms with Gasteiger partial charge in [0.15, 0.2) is 0 Å². The molecule has 3 N–H and O–H groups in total. The summed E-state index contributed by atoms with van der Waals surface area (Å²) in [5.41, 5.74) is 8.13. The molecule has 3 heterocycles. The number of carbonyl (C=O) groups excluding carboxylic acids is 1. The highest BCUT2D eigenvalue weighted by molar-refractivity contribution is 7.21. The van der Waals surface area contributed by atoms with Crippen molar-refractivity contribution in [3.05, 3.63) is 63.8 Å². The Balaban J connectivity index is 1.70. The first kappa shape index (κ1) is 16.1. The molecule has 0 aliphatic carbocycles. The van der Waals surface area contributed by atoms with Gasteiger partial charge in [-0.15, -0.1) is 22.7 Å². The molecule has 0 saturated heterocycles. The molecule has 3 aromatic heterocycles. The molecule has 0 aliphatic rings. The zero-order valence-electron chi connectivity index (χ0n) is 12.8. The number of halogens is 1. The van der Waals surface area contributed by atoms with Crippen LogP contribution in [0.3, 0.4) is 0 Å². The number of amides is 1. The number of benzene rings is 1. The minimum atomic E-state index is -0.263. The molecule has 4 rings (SSSR count). The van der Waals surface area contributed by atoms with Gasteiger partial charge in [0, 0.05) is 16.1 Å². The lowest BCUT2D eigenvalue weighted by Crippen LogP contribution is -2.11. The largest absolute Gasteiger partial charge is 0.397 e. The summed E-state index contributed by atoms with van der Waals surface area (Å²) < 4.78 is 0. The third-order valence-electron chi connectivity index (χ3n) is 3.66. The Morgan fingerprint density at radius 2 is 2.04 bits per heavy atom. The van der Waals surface area contributed by atoms with E-state index >= 15 is 0 Å². The monoisotopic (exact) mass is 385 g/mol. The highest BCUT2D eigenvalue weighted by Crippen LogP contribution is 2.35. The van der Waals surface area contributed by atoms with Crippen LogP contribution in [0, 0.1) is 0 Å². The molecule has 0 saturated carbocycles. The van der Waals surface area contributed by atoms with Gasteiger partial charge in [-0.1, -0.05) is 23.7 Å². The fourth-order valence-corrected chi connectivity index (χ4v) is 4.36. The Morgan fingerprint density at radius 1 is 1.16 bits per heavy atom. The van der Waals surface area contributed by atoms with Gasteiger partial charge in [0.2, 0.25) is 0 Å². The van der Waals surface area contributed by atoms with E-state index in [2.05, 4.69) is 10.3 Å². The van der Waals surface area contributed by atoms with Crippen molar-refractivity contribution in [1.82, 2.24) is 4.98 Å². The SMILES string of the molecule is Nc1c(C(=O)Nc2cccc(Cl)c2)sc2nc(-c3cccs3)ccc12. The van der Waals surface area contributed by atoms with E-state index < -0.39 is 0 Å². The zero-order valence-corrected chi connectivity index (χ0v) is 15.2. The Hall–Kier alpha value is -2.41. The molecule has 1 amide bonds. The van der Waals surface area contributed by atoms with Gasteiger partial charge in [0.1, 0.15) is 9.71 Å². The van der Waals surface area contributed by atoms with Gasteiger partial charge >= 0.3 is 0 Å². The fraction of sp³-hybridized carbons (Fsp3) is 0. The van der Waals surface area contributed by atoms with Gasteiger partial charge in [-0.2, -0.15) is 0 Å². The Bertz CT molecular complexity index is 1070. The summed E-state index contributed by atoms with van der Waals surface area (Å²) in [5, 5.41) is 6.18. The fourth-order valence-electron chi connectivity index (χ4n) is 2.48. The quantitative estimate of drug-likeness (QED) is 0.488. The van der Waals surface area contributed by atoms with Crippen molar-refractivity contribution >= 4 is 61.8 Å². The maximum atomic E-state index is 12.6. The van der Waals surface area contributed by atoms with E-state index in [4.69, 9.17) is 17.3 Å². The number of carbonyl (C=O) groups is 1. The summed E-state index contributed by atoms with van der Waals surface area (Å²) in [6.07, 6.45) is 0. The van der Waals surface area contributed by atoms with Gasteiger partial charge in [-0.3, -0.25) is 4.79 Å². The van der Waals surface area contributed by atoms with Crippen LogP contribution < -0.4 is 11.1 Å². The topological polar surface area (TPSA) is 68.0 Å². The van der Waals surface area contributed by atoms with Gasteiger partial charge in [-0.05, 0) is 41.8 Å². The minimum absolute atomic E-state index is 0.263. The van der Waals surface area contributed by atoms with Crippen LogP contribution in [0.25, 0.3) is 20.8 Å². The number of anilines is 2. The third-order valence-corrected chi connectivity index (χ3v) is 5.90. The van der Waals surface area contributed by atoms with Crippen molar-refractivity contribution in [2.24, 2.45) is 0 Å². The zero-order chi connectivity index (χ0) is 17.4. The summed E-state index contributed by atoms with van der Waals surface area (Å²) in [7, 11) is 0. The molecule has 4 nitrogen and oxygen atoms in total. The second kappa shape index (κ2) is 6.48. The molecule has 0 radical (unpaired) electrons. The Labute approximate surface area is 156 Å². The van der Waals surface area contributed by atoms with Crippen LogP contribution >= 0.6 is 34.3 Å². The van der Waals surface area contributed by atoms with Crippen LogP contribution in [0.5, 0.6) is 0 Å². The minimum Gasteiger partial charge on any atom is -0.397 e. The van der Waals surface area contributed by atoms with Crippen molar-refractivity contribution in [2.75, 3.05) is 11.1 Å². The van der Waals surface area contributed by atoms with E-state index in [1.54, 1.807) is 35.6 Å². The average molecular weight is 386 g/mol. The maximum absolute atomic E-state index is 12.6. The summed E-state index contributed by atoms with van der Waals surface area (Å²) in [5.74, 6) is -0.263. The number of nitrogens with two attached hydrogens (primary N) is 1. The predicted molar refractivity (Wildman–Crippen MR) is 107 cm³/mol. The normalized spacial score (nSPS) is 10.9. The first-order valence-electron chi connectivity index (χ1n) is 7.41. The lowest BCUT2D eigenvalue weighted by molar-refractivity contribution is 0.103. The van der Waals surface area contributed by atoms with Gasteiger partial charge in [0.05, 0.1) is 16.3 Å². The average Bonchev–Trinajstić information content (AvgIpc) is 3.23. The smallest absolute Gasteiger partial charge is 0.267 e. The number of pyridine rings is 1. The maximum Gasteiger partial charge on any atom is 0.267 e. The second-order valence-corrected chi connectivity index (χ2v) is 7.72. The van der Waals surface area contributed by atoms with E-state index in [9.17, 15) is 4.79 Å². The highest BCUT2D eigenvalue weighted by atomic mass is 35.5. The molecule has 0 bridgehead atoms. The molecule has 0 unspecified atom stereocenters. The number of rotatable bonds is 3. The molecule has 0 atom stereocenters. The molecule has 7 heteroatoms. The Morgan fingerprint density at radius 3 is 2.80 bits per heavy atom. The van der Waals surface area contributed by atoms with Crippen molar-refractivity contribution in [3.8, 4) is 10.6 Å². The summed E-state index contributed by atoms with van der Waals surface area (Å²) >= 11 is 8.87. The number of thiophene rings is 2. The van der Waals surface area contributed by atoms with Crippen LogP contribution in [0.15, 0.2) is 53.9 Å². The van der Waals surface area contributed by atoms with Gasteiger partial charge in [-0.25, -0.2) is 4.98 Å². The summed E-state index contributed by atoms with van der Waals surface area (Å²) in [6.45, 7) is 0. The van der Waals surface area contributed by atoms with Crippen LogP contribution in [-0.2, 0) is 0 Å². The first-order chi connectivity index (χ1) is 12.1. The number of nitrogens with one attached hydrogen (secondary N) is 1. The standard InChI is InChI=1S/C18H12ClN3OS2/c19-10-3-1-4-11(9-10)21-17(23)16-15(20)12-6-7-13(22-18(12)25-16)14-5-2-8-24-14/h1-9H,20H2,(H,21,23). The van der Waals surface area contributed by atoms with Gasteiger partial charge in [0.25, 0.3) is 5.91 Å². The van der Waals surface area contributed by atoms with Crippen LogP contribution in [-0.4, -0.2) is 10.9 Å². The van der Waals surface area contributed by atoms with Crippen molar-refractivity contribution in [1.29, 1.82) is 0 Å². The number of hydrogen-bond donors (Lipinski definition) is 2. The number of hydrogen-bond acceptors (Lipinski definition) is 5. The molecular formula is C18H12ClN3OS2. The molecule has 4 aromatic rings. The number of fused-ring (bicyclic) bond motifs is 1. The third kappa shape index (κ3) is 3.11. The van der Waals surface area contributed by atoms with Crippen LogP contribution in [0.1, 0.15) is 9.67 Å². The molecule has 25 heavy (non-hydrogen) atoms. The lowest BCUT2D eigenvalue weighted by Gasteiger charge is -2.04. The van der Waals surface area contributed by atoms with E-state index in [0.29, 0.717) is 21.3 Å². The van der Waals surface area contributed by atoms with Crippen molar-refractivity contribution in [2.45, 2.75) is 0 Å². The molecule has 0 fully saturated rings. The molecule has 0 spiro atoms. The van der Waals surface area contributed by atoms with Crippen molar-refractivity contribution < 1.29 is 4.79 Å². The van der Waals surface area contributed by atoms with E-state index in [1.165, 1.54) is 11.3 Å². The van der Waals surface area contributed by atoms with Gasteiger partial charge < -0.3 is 11.1 Å². The van der Waals surface area contributed by atoms with E-state index in [-0.39, 0.29) is 5.91 Å². The highest BCUT2D eigenvalue weighted by Gasteiger charge is 2.18. The first-order valence-corrected chi connectivity index (χ1v) is 9.49. The number of aromatic nitrogens is 1. The lowest BCUT2D eigenvalue weighted by atomic mass is 10.2. The Kier molecular flexibility index (Phi) is 4.17. The summed E-state index contributed by atoms with van der Waals surface area (Å²) in [6, 6.07) is 14.8. The molecule has 124 valence electrons. The van der Waals surface area contributed by atoms with Crippen LogP contribution in [0.2, 0.25) is 5.02 Å². The van der Waals surface area contributed by atoms with Crippen LogP contribution in [0.4, 0.5) is 11.4 Å². The van der Waals surface area contributed by atoms with Crippen molar-refractivity contribution in [3.63, 3.8) is 0 Å². The predicted octanol–water partition coefficient (Wildman–Crippen LogP) is 5.51. The molecule has 0 aliphatic heterocycles. The van der Waals surface area contributed by atoms with E-state index in [0.717, 1.165) is 20.8 Å². The molecular weight excluding hydrogens is 374 g/mol. The number of nitrogen functional groups attached to an aromatic ring is 1. The second-order valence-electron chi connectivity index (χ2n) is 5.34. The number of nitrogens with zero attached hydrogens (tertiary/aromatic N) is 1. The summed E-state index contributed by atoms with van der Waals surface area (Å²) in [4.78, 5) is 19.5.